The van der Waals surface area contributed by atoms with Gasteiger partial charge in [-0.05, 0) is 30.7 Å². The van der Waals surface area contributed by atoms with Gasteiger partial charge in [0.15, 0.2) is 0 Å². The number of benzene rings is 1. The van der Waals surface area contributed by atoms with Crippen LogP contribution in [0.3, 0.4) is 0 Å². The monoisotopic (exact) mass is 274 g/mol. The van der Waals surface area contributed by atoms with Crippen molar-refractivity contribution >= 4 is 34.7 Å². The summed E-state index contributed by atoms with van der Waals surface area (Å²) in [6.45, 7) is 2.10. The number of aryl methyl sites for hydroxylation is 1. The summed E-state index contributed by atoms with van der Waals surface area (Å²) in [6, 6.07) is 7.59. The standard InChI is InChI=1S/C13H11ClN4O/c1-8-6-15-13(14)17-12(8)18-7-11(19)16-9-4-2-3-5-10(9)18/h2-6H,7H2,1H3,(H,16,19). The first-order valence-electron chi connectivity index (χ1n) is 5.81. The van der Waals surface area contributed by atoms with Crippen LogP contribution in [-0.2, 0) is 4.79 Å². The minimum absolute atomic E-state index is 0.0761. The zero-order valence-corrected chi connectivity index (χ0v) is 11.0. The van der Waals surface area contributed by atoms with E-state index in [9.17, 15) is 4.79 Å². The normalized spacial score (nSPS) is 14.0. The smallest absolute Gasteiger partial charge is 0.244 e. The number of carbonyl (C=O) groups is 1. The van der Waals surface area contributed by atoms with E-state index >= 15 is 0 Å². The number of halogens is 1. The quantitative estimate of drug-likeness (QED) is 0.812. The Bertz CT molecular complexity index is 659. The molecule has 6 heteroatoms. The van der Waals surface area contributed by atoms with E-state index in [2.05, 4.69) is 15.3 Å². The number of nitrogens with zero attached hydrogens (tertiary/aromatic N) is 3. The van der Waals surface area contributed by atoms with Crippen molar-refractivity contribution in [3.63, 3.8) is 0 Å². The molecular weight excluding hydrogens is 264 g/mol. The summed E-state index contributed by atoms with van der Waals surface area (Å²) in [5.41, 5.74) is 2.54. The molecule has 1 aliphatic heterocycles. The van der Waals surface area contributed by atoms with E-state index in [4.69, 9.17) is 11.6 Å². The van der Waals surface area contributed by atoms with Crippen molar-refractivity contribution in [2.45, 2.75) is 6.92 Å². The summed E-state index contributed by atoms with van der Waals surface area (Å²) in [7, 11) is 0. The largest absolute Gasteiger partial charge is 0.323 e. The molecule has 1 aromatic carbocycles. The topological polar surface area (TPSA) is 58.1 Å². The van der Waals surface area contributed by atoms with Crippen LogP contribution >= 0.6 is 11.6 Å². The van der Waals surface area contributed by atoms with Crippen LogP contribution < -0.4 is 10.2 Å². The van der Waals surface area contributed by atoms with E-state index < -0.39 is 0 Å². The lowest BCUT2D eigenvalue weighted by atomic mass is 10.2. The number of rotatable bonds is 1. The lowest BCUT2D eigenvalue weighted by Gasteiger charge is -2.30. The van der Waals surface area contributed by atoms with Crippen molar-refractivity contribution in [2.24, 2.45) is 0 Å². The molecule has 1 aromatic heterocycles. The number of carbonyl (C=O) groups excluding carboxylic acids is 1. The maximum absolute atomic E-state index is 11.8. The van der Waals surface area contributed by atoms with E-state index in [-0.39, 0.29) is 17.7 Å². The molecule has 3 rings (SSSR count). The number of hydrogen-bond acceptors (Lipinski definition) is 4. The van der Waals surface area contributed by atoms with Gasteiger partial charge in [0.25, 0.3) is 0 Å². The highest BCUT2D eigenvalue weighted by Crippen LogP contribution is 2.35. The summed E-state index contributed by atoms with van der Waals surface area (Å²) >= 11 is 5.85. The molecule has 0 bridgehead atoms. The van der Waals surface area contributed by atoms with Gasteiger partial charge in [-0.1, -0.05) is 12.1 Å². The molecule has 2 heterocycles. The van der Waals surface area contributed by atoms with Crippen molar-refractivity contribution < 1.29 is 4.79 Å². The second-order valence-corrected chi connectivity index (χ2v) is 4.64. The third-order valence-electron chi connectivity index (χ3n) is 2.94. The summed E-state index contributed by atoms with van der Waals surface area (Å²) < 4.78 is 0. The SMILES string of the molecule is Cc1cnc(Cl)nc1N1CC(=O)Nc2ccccc21. The molecule has 1 amide bonds. The number of fused-ring (bicyclic) bond motifs is 1. The fraction of sp³-hybridized carbons (Fsp3) is 0.154. The molecule has 0 saturated carbocycles. The highest BCUT2D eigenvalue weighted by molar-refractivity contribution is 6.28. The first-order chi connectivity index (χ1) is 9.15. The molecule has 96 valence electrons. The van der Waals surface area contributed by atoms with Gasteiger partial charge in [0, 0.05) is 11.8 Å². The molecule has 0 fully saturated rings. The van der Waals surface area contributed by atoms with Gasteiger partial charge in [-0.2, -0.15) is 4.98 Å². The van der Waals surface area contributed by atoms with Crippen LogP contribution in [0.15, 0.2) is 30.5 Å². The molecule has 1 N–H and O–H groups in total. The molecule has 0 atom stereocenters. The van der Waals surface area contributed by atoms with E-state index in [1.54, 1.807) is 6.20 Å². The molecule has 0 saturated heterocycles. The molecule has 2 aromatic rings. The number of nitrogens with one attached hydrogen (secondary N) is 1. The molecule has 19 heavy (non-hydrogen) atoms. The van der Waals surface area contributed by atoms with Gasteiger partial charge >= 0.3 is 0 Å². The number of para-hydroxylation sites is 2. The van der Waals surface area contributed by atoms with E-state index in [0.29, 0.717) is 5.82 Å². The number of amides is 1. The molecule has 0 radical (unpaired) electrons. The second kappa shape index (κ2) is 4.51. The minimum atomic E-state index is -0.0761. The maximum atomic E-state index is 11.8. The first kappa shape index (κ1) is 11.9. The number of hydrogen-bond donors (Lipinski definition) is 1. The Hall–Kier alpha value is -2.14. The van der Waals surface area contributed by atoms with Crippen LogP contribution in [0, 0.1) is 6.92 Å². The third-order valence-corrected chi connectivity index (χ3v) is 3.12. The van der Waals surface area contributed by atoms with Crippen molar-refractivity contribution in [3.8, 4) is 0 Å². The molecule has 1 aliphatic rings. The van der Waals surface area contributed by atoms with Crippen LogP contribution in [0.5, 0.6) is 0 Å². The van der Waals surface area contributed by atoms with Gasteiger partial charge in [0.2, 0.25) is 11.2 Å². The Morgan fingerprint density at radius 3 is 3.00 bits per heavy atom. The summed E-state index contributed by atoms with van der Waals surface area (Å²) in [6.07, 6.45) is 1.65. The summed E-state index contributed by atoms with van der Waals surface area (Å²) in [5, 5.41) is 3.01. The van der Waals surface area contributed by atoms with Gasteiger partial charge < -0.3 is 10.2 Å². The zero-order chi connectivity index (χ0) is 13.4. The molecule has 5 nitrogen and oxygen atoms in total. The lowest BCUT2D eigenvalue weighted by Crippen LogP contribution is -2.35. The van der Waals surface area contributed by atoms with Gasteiger partial charge in [-0.3, -0.25) is 4.79 Å². The Morgan fingerprint density at radius 1 is 1.37 bits per heavy atom. The number of aromatic nitrogens is 2. The van der Waals surface area contributed by atoms with Crippen molar-refractivity contribution in [2.75, 3.05) is 16.8 Å². The molecule has 0 aliphatic carbocycles. The fourth-order valence-electron chi connectivity index (χ4n) is 2.11. The fourth-order valence-corrected chi connectivity index (χ4v) is 2.24. The Kier molecular flexibility index (Phi) is 2.83. The Morgan fingerprint density at radius 2 is 2.16 bits per heavy atom. The van der Waals surface area contributed by atoms with Crippen LogP contribution in [0.25, 0.3) is 0 Å². The Labute approximate surface area is 115 Å². The van der Waals surface area contributed by atoms with Crippen LogP contribution in [0.1, 0.15) is 5.56 Å². The third kappa shape index (κ3) is 2.13. The highest BCUT2D eigenvalue weighted by Gasteiger charge is 2.25. The van der Waals surface area contributed by atoms with Gasteiger partial charge in [-0.15, -0.1) is 0 Å². The van der Waals surface area contributed by atoms with Crippen LogP contribution in [-0.4, -0.2) is 22.4 Å². The minimum Gasteiger partial charge on any atom is -0.323 e. The van der Waals surface area contributed by atoms with E-state index in [1.165, 1.54) is 0 Å². The van der Waals surface area contributed by atoms with Crippen LogP contribution in [0.2, 0.25) is 5.28 Å². The van der Waals surface area contributed by atoms with Crippen LogP contribution in [0.4, 0.5) is 17.2 Å². The Balaban J connectivity index is 2.15. The summed E-state index contributed by atoms with van der Waals surface area (Å²) in [4.78, 5) is 21.8. The molecule has 0 unspecified atom stereocenters. The molecular formula is C13H11ClN4O. The lowest BCUT2D eigenvalue weighted by molar-refractivity contribution is -0.115. The van der Waals surface area contributed by atoms with Crippen molar-refractivity contribution in [1.29, 1.82) is 0 Å². The van der Waals surface area contributed by atoms with Gasteiger partial charge in [-0.25, -0.2) is 4.98 Å². The highest BCUT2D eigenvalue weighted by atomic mass is 35.5. The number of anilines is 3. The summed E-state index contributed by atoms with van der Waals surface area (Å²) in [5.74, 6) is 0.579. The van der Waals surface area contributed by atoms with Gasteiger partial charge in [0.05, 0.1) is 11.4 Å². The second-order valence-electron chi connectivity index (χ2n) is 4.30. The first-order valence-corrected chi connectivity index (χ1v) is 6.18. The molecule has 0 spiro atoms. The predicted octanol–water partition coefficient (Wildman–Crippen LogP) is 2.53. The zero-order valence-electron chi connectivity index (χ0n) is 10.2. The van der Waals surface area contributed by atoms with E-state index in [0.717, 1.165) is 16.9 Å². The van der Waals surface area contributed by atoms with Gasteiger partial charge in [0.1, 0.15) is 12.4 Å². The van der Waals surface area contributed by atoms with E-state index in [1.807, 2.05) is 36.1 Å². The van der Waals surface area contributed by atoms with Crippen molar-refractivity contribution in [3.05, 3.63) is 41.3 Å². The average molecular weight is 275 g/mol. The maximum Gasteiger partial charge on any atom is 0.244 e. The average Bonchev–Trinajstić information content (AvgIpc) is 2.40. The predicted molar refractivity (Wildman–Crippen MR) is 73.9 cm³/mol. The van der Waals surface area contributed by atoms with Crippen molar-refractivity contribution in [1.82, 2.24) is 9.97 Å².